The predicted octanol–water partition coefficient (Wildman–Crippen LogP) is 0.426. The topological polar surface area (TPSA) is 69.6 Å². The standard InChI is InChI=1S/C10H21NO3/c1-2-3-5-9(13)8-11-10(14)6-4-7-12/h9,12-13H,2-8H2,1H3,(H,11,14). The van der Waals surface area contributed by atoms with E-state index in [1.54, 1.807) is 0 Å². The quantitative estimate of drug-likeness (QED) is 0.535. The van der Waals surface area contributed by atoms with E-state index in [0.717, 1.165) is 19.3 Å². The van der Waals surface area contributed by atoms with Gasteiger partial charge in [0, 0.05) is 19.6 Å². The fraction of sp³-hybridized carbons (Fsp3) is 0.900. The van der Waals surface area contributed by atoms with Gasteiger partial charge in [0.25, 0.3) is 0 Å². The molecule has 0 radical (unpaired) electrons. The zero-order valence-electron chi connectivity index (χ0n) is 8.83. The maximum absolute atomic E-state index is 11.0. The van der Waals surface area contributed by atoms with Crippen LogP contribution in [0.1, 0.15) is 39.0 Å². The highest BCUT2D eigenvalue weighted by Crippen LogP contribution is 1.99. The summed E-state index contributed by atoms with van der Waals surface area (Å²) in [6.45, 7) is 2.42. The maximum Gasteiger partial charge on any atom is 0.220 e. The third-order valence-electron chi connectivity index (χ3n) is 1.99. The van der Waals surface area contributed by atoms with Gasteiger partial charge in [-0.3, -0.25) is 4.79 Å². The van der Waals surface area contributed by atoms with Crippen LogP contribution in [-0.4, -0.2) is 35.4 Å². The number of aliphatic hydroxyl groups is 2. The average molecular weight is 203 g/mol. The van der Waals surface area contributed by atoms with Crippen molar-refractivity contribution in [3.8, 4) is 0 Å². The van der Waals surface area contributed by atoms with Crippen LogP contribution >= 0.6 is 0 Å². The van der Waals surface area contributed by atoms with Crippen LogP contribution < -0.4 is 5.32 Å². The number of unbranched alkanes of at least 4 members (excludes halogenated alkanes) is 1. The third kappa shape index (κ3) is 8.01. The summed E-state index contributed by atoms with van der Waals surface area (Å²) < 4.78 is 0. The van der Waals surface area contributed by atoms with E-state index in [1.807, 2.05) is 0 Å². The lowest BCUT2D eigenvalue weighted by Crippen LogP contribution is -2.31. The second-order valence-corrected chi connectivity index (χ2v) is 3.43. The zero-order chi connectivity index (χ0) is 10.8. The minimum Gasteiger partial charge on any atom is -0.396 e. The molecule has 0 heterocycles. The number of nitrogens with one attached hydrogen (secondary N) is 1. The monoisotopic (exact) mass is 203 g/mol. The molecule has 0 aliphatic carbocycles. The molecule has 3 N–H and O–H groups in total. The van der Waals surface area contributed by atoms with Crippen LogP contribution in [0.5, 0.6) is 0 Å². The van der Waals surface area contributed by atoms with Gasteiger partial charge in [-0.2, -0.15) is 0 Å². The minimum absolute atomic E-state index is 0.0335. The predicted molar refractivity (Wildman–Crippen MR) is 54.9 cm³/mol. The first-order valence-electron chi connectivity index (χ1n) is 5.26. The molecule has 84 valence electrons. The molecule has 0 saturated heterocycles. The molecule has 0 aliphatic heterocycles. The van der Waals surface area contributed by atoms with Gasteiger partial charge in [-0.1, -0.05) is 19.8 Å². The Morgan fingerprint density at radius 1 is 1.43 bits per heavy atom. The van der Waals surface area contributed by atoms with Crippen molar-refractivity contribution >= 4 is 5.91 Å². The molecule has 1 amide bonds. The molecule has 0 fully saturated rings. The van der Waals surface area contributed by atoms with Crippen molar-refractivity contribution in [3.63, 3.8) is 0 Å². The van der Waals surface area contributed by atoms with Gasteiger partial charge in [-0.15, -0.1) is 0 Å². The molecule has 14 heavy (non-hydrogen) atoms. The van der Waals surface area contributed by atoms with Crippen LogP contribution in [0.3, 0.4) is 0 Å². The van der Waals surface area contributed by atoms with Crippen molar-refractivity contribution < 1.29 is 15.0 Å². The minimum atomic E-state index is -0.437. The van der Waals surface area contributed by atoms with E-state index < -0.39 is 6.10 Å². The van der Waals surface area contributed by atoms with Gasteiger partial charge >= 0.3 is 0 Å². The van der Waals surface area contributed by atoms with Crippen LogP contribution in [-0.2, 0) is 4.79 Å². The van der Waals surface area contributed by atoms with Crippen molar-refractivity contribution in [3.05, 3.63) is 0 Å². The van der Waals surface area contributed by atoms with E-state index in [4.69, 9.17) is 5.11 Å². The molecular formula is C10H21NO3. The Hall–Kier alpha value is -0.610. The lowest BCUT2D eigenvalue weighted by molar-refractivity contribution is -0.121. The molecule has 4 nitrogen and oxygen atoms in total. The van der Waals surface area contributed by atoms with Gasteiger partial charge in [-0.05, 0) is 12.8 Å². The number of hydrogen-bond donors (Lipinski definition) is 3. The first-order valence-corrected chi connectivity index (χ1v) is 5.26. The van der Waals surface area contributed by atoms with Gasteiger partial charge in [0.1, 0.15) is 0 Å². The first kappa shape index (κ1) is 13.4. The number of carbonyl (C=O) groups excluding carboxylic acids is 1. The summed E-state index contributed by atoms with van der Waals surface area (Å²) in [5, 5.41) is 20.5. The number of amides is 1. The highest BCUT2D eigenvalue weighted by atomic mass is 16.3. The number of aliphatic hydroxyl groups excluding tert-OH is 2. The fourth-order valence-electron chi connectivity index (χ4n) is 1.10. The normalized spacial score (nSPS) is 12.5. The van der Waals surface area contributed by atoms with Crippen molar-refractivity contribution in [1.82, 2.24) is 5.32 Å². The number of rotatable bonds is 8. The van der Waals surface area contributed by atoms with Crippen LogP contribution in [0.25, 0.3) is 0 Å². The molecule has 4 heteroatoms. The Morgan fingerprint density at radius 3 is 2.71 bits per heavy atom. The summed E-state index contributed by atoms with van der Waals surface area (Å²) in [6, 6.07) is 0. The second kappa shape index (κ2) is 8.97. The lowest BCUT2D eigenvalue weighted by Gasteiger charge is -2.10. The molecule has 0 aromatic rings. The largest absolute Gasteiger partial charge is 0.396 e. The van der Waals surface area contributed by atoms with E-state index in [0.29, 0.717) is 19.4 Å². The summed E-state index contributed by atoms with van der Waals surface area (Å²) >= 11 is 0. The maximum atomic E-state index is 11.0. The van der Waals surface area contributed by atoms with Crippen molar-refractivity contribution in [2.45, 2.75) is 45.1 Å². The molecule has 0 aliphatic rings. The molecule has 1 unspecified atom stereocenters. The molecular weight excluding hydrogens is 182 g/mol. The molecule has 0 aromatic carbocycles. The Bertz CT molecular complexity index is 150. The highest BCUT2D eigenvalue weighted by molar-refractivity contribution is 5.75. The Labute approximate surface area is 85.3 Å². The Balaban J connectivity index is 3.36. The van der Waals surface area contributed by atoms with E-state index in [1.165, 1.54) is 0 Å². The lowest BCUT2D eigenvalue weighted by atomic mass is 10.1. The summed E-state index contributed by atoms with van der Waals surface area (Å²) in [7, 11) is 0. The summed E-state index contributed by atoms with van der Waals surface area (Å²) in [5.41, 5.74) is 0. The van der Waals surface area contributed by atoms with Crippen molar-refractivity contribution in [1.29, 1.82) is 0 Å². The number of hydrogen-bond acceptors (Lipinski definition) is 3. The SMILES string of the molecule is CCCCC(O)CNC(=O)CCCO. The molecule has 0 spiro atoms. The highest BCUT2D eigenvalue weighted by Gasteiger charge is 2.05. The van der Waals surface area contributed by atoms with Gasteiger partial charge in [0.05, 0.1) is 6.10 Å². The van der Waals surface area contributed by atoms with E-state index in [-0.39, 0.29) is 12.5 Å². The molecule has 0 rings (SSSR count). The van der Waals surface area contributed by atoms with E-state index in [2.05, 4.69) is 12.2 Å². The summed E-state index contributed by atoms with van der Waals surface area (Å²) in [5.74, 6) is -0.102. The van der Waals surface area contributed by atoms with Gasteiger partial charge in [0.2, 0.25) is 5.91 Å². The summed E-state index contributed by atoms with van der Waals surface area (Å²) in [6.07, 6.45) is 3.14. The summed E-state index contributed by atoms with van der Waals surface area (Å²) in [4.78, 5) is 11.0. The van der Waals surface area contributed by atoms with Crippen LogP contribution in [0.15, 0.2) is 0 Å². The van der Waals surface area contributed by atoms with Crippen LogP contribution in [0, 0.1) is 0 Å². The molecule has 1 atom stereocenters. The fourth-order valence-corrected chi connectivity index (χ4v) is 1.10. The molecule has 0 bridgehead atoms. The van der Waals surface area contributed by atoms with Gasteiger partial charge in [0.15, 0.2) is 0 Å². The second-order valence-electron chi connectivity index (χ2n) is 3.43. The van der Waals surface area contributed by atoms with Crippen LogP contribution in [0.4, 0.5) is 0 Å². The zero-order valence-corrected chi connectivity index (χ0v) is 8.83. The smallest absolute Gasteiger partial charge is 0.220 e. The third-order valence-corrected chi connectivity index (χ3v) is 1.99. The van der Waals surface area contributed by atoms with Gasteiger partial charge in [-0.25, -0.2) is 0 Å². The average Bonchev–Trinajstić information content (AvgIpc) is 2.20. The van der Waals surface area contributed by atoms with E-state index >= 15 is 0 Å². The molecule has 0 aromatic heterocycles. The Kier molecular flexibility index (Phi) is 8.57. The van der Waals surface area contributed by atoms with E-state index in [9.17, 15) is 9.90 Å². The number of carbonyl (C=O) groups is 1. The van der Waals surface area contributed by atoms with Crippen LogP contribution in [0.2, 0.25) is 0 Å². The first-order chi connectivity index (χ1) is 6.70. The Morgan fingerprint density at radius 2 is 2.14 bits per heavy atom. The van der Waals surface area contributed by atoms with Gasteiger partial charge < -0.3 is 15.5 Å². The molecule has 0 saturated carbocycles. The van der Waals surface area contributed by atoms with Crippen molar-refractivity contribution in [2.24, 2.45) is 0 Å². The van der Waals surface area contributed by atoms with Crippen molar-refractivity contribution in [2.75, 3.05) is 13.2 Å².